The number of hydrogen-bond acceptors (Lipinski definition) is 4. The van der Waals surface area contributed by atoms with E-state index in [0.717, 1.165) is 49.7 Å². The number of fused-ring (bicyclic) bond motifs is 1. The fourth-order valence-electron chi connectivity index (χ4n) is 2.31. The van der Waals surface area contributed by atoms with E-state index in [1.807, 2.05) is 10.7 Å². The van der Waals surface area contributed by atoms with Gasteiger partial charge in [-0.2, -0.15) is 10.2 Å². The number of aromatic nitrogens is 5. The van der Waals surface area contributed by atoms with Gasteiger partial charge in [0, 0.05) is 37.3 Å². The minimum Gasteiger partial charge on any atom is -0.307 e. The molecular weight excluding hydrogens is 228 g/mol. The summed E-state index contributed by atoms with van der Waals surface area (Å²) in [5.41, 5.74) is 1.12. The third-order valence-electron chi connectivity index (χ3n) is 3.36. The summed E-state index contributed by atoms with van der Waals surface area (Å²) in [7, 11) is 0. The molecule has 0 bridgehead atoms. The molecule has 2 aromatic heterocycles. The molecular formula is C12H18N6. The molecule has 3 heterocycles. The lowest BCUT2D eigenvalue weighted by Gasteiger charge is -2.23. The van der Waals surface area contributed by atoms with E-state index >= 15 is 0 Å². The van der Waals surface area contributed by atoms with Gasteiger partial charge in [-0.05, 0) is 12.5 Å². The Kier molecular flexibility index (Phi) is 3.10. The summed E-state index contributed by atoms with van der Waals surface area (Å²) in [5.74, 6) is 2.09. The van der Waals surface area contributed by atoms with E-state index in [-0.39, 0.29) is 0 Å². The predicted molar refractivity (Wildman–Crippen MR) is 66.9 cm³/mol. The second kappa shape index (κ2) is 4.89. The van der Waals surface area contributed by atoms with Gasteiger partial charge in [0.2, 0.25) is 0 Å². The van der Waals surface area contributed by atoms with Crippen molar-refractivity contribution in [3.8, 4) is 0 Å². The summed E-state index contributed by atoms with van der Waals surface area (Å²) >= 11 is 0. The minimum atomic E-state index is 0.465. The maximum Gasteiger partial charge on any atom is 0.150 e. The maximum absolute atomic E-state index is 4.52. The third kappa shape index (κ3) is 2.28. The minimum absolute atomic E-state index is 0.465. The van der Waals surface area contributed by atoms with Gasteiger partial charge in [0.05, 0.1) is 6.54 Å². The molecule has 3 rings (SSSR count). The molecule has 0 fully saturated rings. The maximum atomic E-state index is 4.52. The van der Waals surface area contributed by atoms with Crippen molar-refractivity contribution < 1.29 is 0 Å². The van der Waals surface area contributed by atoms with Gasteiger partial charge in [-0.15, -0.1) is 0 Å². The number of aryl methyl sites for hydroxylation is 2. The Bertz CT molecular complexity index is 501. The van der Waals surface area contributed by atoms with E-state index in [1.54, 1.807) is 6.20 Å². The Morgan fingerprint density at radius 1 is 1.56 bits per heavy atom. The molecule has 6 nitrogen and oxygen atoms in total. The van der Waals surface area contributed by atoms with E-state index in [9.17, 15) is 0 Å². The van der Waals surface area contributed by atoms with E-state index < -0.39 is 0 Å². The molecule has 0 amide bonds. The SMILES string of the molecule is CCc1nc2n(n1)C[C@@H](NCc1ccn[nH]1)CC2. The molecule has 0 aromatic carbocycles. The average molecular weight is 246 g/mol. The number of rotatable bonds is 4. The first-order valence-corrected chi connectivity index (χ1v) is 6.49. The summed E-state index contributed by atoms with van der Waals surface area (Å²) in [6.45, 7) is 3.83. The van der Waals surface area contributed by atoms with Crippen LogP contribution in [0.1, 0.15) is 30.7 Å². The summed E-state index contributed by atoms with van der Waals surface area (Å²) in [6.07, 6.45) is 4.82. The van der Waals surface area contributed by atoms with Crippen molar-refractivity contribution in [3.63, 3.8) is 0 Å². The number of H-pyrrole nitrogens is 1. The molecule has 0 unspecified atom stereocenters. The number of aromatic amines is 1. The molecule has 0 radical (unpaired) electrons. The Morgan fingerprint density at radius 3 is 3.28 bits per heavy atom. The van der Waals surface area contributed by atoms with Crippen LogP contribution in [0.15, 0.2) is 12.3 Å². The second-order valence-electron chi connectivity index (χ2n) is 4.68. The first kappa shape index (κ1) is 11.4. The lowest BCUT2D eigenvalue weighted by molar-refractivity contribution is 0.356. The highest BCUT2D eigenvalue weighted by molar-refractivity contribution is 5.00. The van der Waals surface area contributed by atoms with Crippen molar-refractivity contribution >= 4 is 0 Å². The summed E-state index contributed by atoms with van der Waals surface area (Å²) in [5, 5.41) is 14.9. The molecule has 96 valence electrons. The Hall–Kier alpha value is -1.69. The molecule has 0 saturated carbocycles. The van der Waals surface area contributed by atoms with Gasteiger partial charge in [-0.3, -0.25) is 5.10 Å². The van der Waals surface area contributed by atoms with Crippen molar-refractivity contribution in [3.05, 3.63) is 29.6 Å². The smallest absolute Gasteiger partial charge is 0.150 e. The summed E-state index contributed by atoms with van der Waals surface area (Å²) in [6, 6.07) is 2.46. The summed E-state index contributed by atoms with van der Waals surface area (Å²) in [4.78, 5) is 4.52. The van der Waals surface area contributed by atoms with Gasteiger partial charge in [0.15, 0.2) is 5.82 Å². The van der Waals surface area contributed by atoms with Gasteiger partial charge in [-0.25, -0.2) is 9.67 Å². The monoisotopic (exact) mass is 246 g/mol. The molecule has 1 atom stereocenters. The van der Waals surface area contributed by atoms with Crippen LogP contribution in [0.4, 0.5) is 0 Å². The van der Waals surface area contributed by atoms with E-state index in [4.69, 9.17) is 0 Å². The second-order valence-corrected chi connectivity index (χ2v) is 4.68. The first-order chi connectivity index (χ1) is 8.85. The van der Waals surface area contributed by atoms with Gasteiger partial charge in [0.25, 0.3) is 0 Å². The Morgan fingerprint density at radius 2 is 2.50 bits per heavy atom. The molecule has 2 aromatic rings. The van der Waals surface area contributed by atoms with Gasteiger partial charge < -0.3 is 5.32 Å². The molecule has 1 aliphatic rings. The highest BCUT2D eigenvalue weighted by Crippen LogP contribution is 2.13. The molecule has 0 spiro atoms. The summed E-state index contributed by atoms with van der Waals surface area (Å²) < 4.78 is 2.05. The quantitative estimate of drug-likeness (QED) is 0.831. The first-order valence-electron chi connectivity index (χ1n) is 6.49. The van der Waals surface area contributed by atoms with Gasteiger partial charge in [0.1, 0.15) is 5.82 Å². The van der Waals surface area contributed by atoms with Crippen molar-refractivity contribution in [1.82, 2.24) is 30.3 Å². The van der Waals surface area contributed by atoms with Crippen molar-refractivity contribution in [2.45, 2.75) is 45.3 Å². The van der Waals surface area contributed by atoms with Crippen LogP contribution >= 0.6 is 0 Å². The molecule has 0 aliphatic carbocycles. The number of hydrogen-bond donors (Lipinski definition) is 2. The zero-order valence-corrected chi connectivity index (χ0v) is 10.6. The van der Waals surface area contributed by atoms with Crippen molar-refractivity contribution in [2.24, 2.45) is 0 Å². The van der Waals surface area contributed by atoms with E-state index in [2.05, 4.69) is 32.5 Å². The van der Waals surface area contributed by atoms with E-state index in [1.165, 1.54) is 0 Å². The fourth-order valence-corrected chi connectivity index (χ4v) is 2.31. The van der Waals surface area contributed by atoms with Crippen LogP contribution in [0.2, 0.25) is 0 Å². The van der Waals surface area contributed by atoms with Crippen LogP contribution in [0.3, 0.4) is 0 Å². The number of nitrogens with zero attached hydrogens (tertiary/aromatic N) is 4. The topological polar surface area (TPSA) is 71.4 Å². The molecule has 1 aliphatic heterocycles. The fraction of sp³-hybridized carbons (Fsp3) is 0.583. The average Bonchev–Trinajstić information content (AvgIpc) is 3.04. The van der Waals surface area contributed by atoms with E-state index in [0.29, 0.717) is 6.04 Å². The Labute approximate surface area is 106 Å². The largest absolute Gasteiger partial charge is 0.307 e. The van der Waals surface area contributed by atoms with Gasteiger partial charge >= 0.3 is 0 Å². The van der Waals surface area contributed by atoms with Crippen LogP contribution in [-0.4, -0.2) is 31.0 Å². The highest BCUT2D eigenvalue weighted by atomic mass is 15.4. The predicted octanol–water partition coefficient (Wildman–Crippen LogP) is 0.668. The van der Waals surface area contributed by atoms with Crippen LogP contribution in [-0.2, 0) is 25.9 Å². The zero-order valence-electron chi connectivity index (χ0n) is 10.6. The lowest BCUT2D eigenvalue weighted by atomic mass is 10.1. The standard InChI is InChI=1S/C12H18N6/c1-2-11-15-12-4-3-10(8-18(12)17-11)13-7-9-5-6-14-16-9/h5-6,10,13H,2-4,7-8H2,1H3,(H,14,16)/t10-/m0/s1. The van der Waals surface area contributed by atoms with Crippen molar-refractivity contribution in [1.29, 1.82) is 0 Å². The highest BCUT2D eigenvalue weighted by Gasteiger charge is 2.20. The number of nitrogens with one attached hydrogen (secondary N) is 2. The Balaban J connectivity index is 1.60. The van der Waals surface area contributed by atoms with Crippen LogP contribution in [0.5, 0.6) is 0 Å². The zero-order chi connectivity index (χ0) is 12.4. The van der Waals surface area contributed by atoms with Crippen LogP contribution < -0.4 is 5.32 Å². The molecule has 0 saturated heterocycles. The van der Waals surface area contributed by atoms with Gasteiger partial charge in [-0.1, -0.05) is 6.92 Å². The van der Waals surface area contributed by atoms with Crippen molar-refractivity contribution in [2.75, 3.05) is 0 Å². The third-order valence-corrected chi connectivity index (χ3v) is 3.36. The van der Waals surface area contributed by atoms with Crippen LogP contribution in [0.25, 0.3) is 0 Å². The molecule has 18 heavy (non-hydrogen) atoms. The molecule has 6 heteroatoms. The molecule has 2 N–H and O–H groups in total. The lowest BCUT2D eigenvalue weighted by Crippen LogP contribution is -2.37. The van der Waals surface area contributed by atoms with Crippen LogP contribution in [0, 0.1) is 0 Å². The normalized spacial score (nSPS) is 18.8.